The van der Waals surface area contributed by atoms with Gasteiger partial charge in [0.1, 0.15) is 24.7 Å². The molecule has 0 amide bonds. The highest BCUT2D eigenvalue weighted by Crippen LogP contribution is 2.60. The average molecular weight is 2200 g/mol. The Morgan fingerprint density at radius 1 is 0.296 bits per heavy atom. The fourth-order valence-electron chi connectivity index (χ4n) is 21.1. The second-order valence-corrected chi connectivity index (χ2v) is 42.6. The molecule has 0 N–H and O–H groups in total. The summed E-state index contributed by atoms with van der Waals surface area (Å²) in [4.78, 5) is 2.26. The van der Waals surface area contributed by atoms with Gasteiger partial charge in [0.15, 0.2) is 11.5 Å². The maximum atomic E-state index is 6.17. The fraction of sp³-hybridized carbons (Fsp3) is 0.436. The van der Waals surface area contributed by atoms with E-state index in [9.17, 15) is 0 Å². The molecule has 0 atom stereocenters. The van der Waals surface area contributed by atoms with Crippen LogP contribution in [0, 0.1) is 0 Å². The van der Waals surface area contributed by atoms with E-state index in [1.165, 1.54) is 274 Å². The van der Waals surface area contributed by atoms with E-state index in [-0.39, 0.29) is 25.1 Å². The Kier molecular flexibility index (Phi) is 40.7. The molecule has 0 spiro atoms. The topological polar surface area (TPSA) is 86.3 Å². The SMILES string of the molecule is CCCCCCCCC1(CCCCCCCC)c2cc(B3OCCO3)ccc2-c2ccc(B3OCCO3)cc21.CCCCCCCCC1(CCCCCCCC)c2cc(Br)ccc2-c2ccc(Br)cc21.CCCCc1ccc(N2c3ccc(Br)cc3Oc3cc(Br)ccc32)cc1.CCOCCOc1ccc(C2(c3ccc(OCCOCC)cc3)c3cc(Br)ccc3-c3ccc(Br)cc32)cc1. The first-order valence-electron chi connectivity index (χ1n) is 50.9. The quantitative estimate of drug-likeness (QED) is 0.0272. The molecule has 0 aromatic heterocycles. The summed E-state index contributed by atoms with van der Waals surface area (Å²) in [6.07, 6.45) is 40.7. The molecule has 10 nitrogen and oxygen atoms in total. The van der Waals surface area contributed by atoms with Gasteiger partial charge in [-0.2, -0.15) is 0 Å². The van der Waals surface area contributed by atoms with Crippen molar-refractivity contribution >= 4 is 138 Å². The molecule has 2 saturated heterocycles. The normalized spacial score (nSPS) is 14.5. The highest BCUT2D eigenvalue weighted by atomic mass is 79.9. The zero-order chi connectivity index (χ0) is 94.4. The van der Waals surface area contributed by atoms with Gasteiger partial charge in [0.25, 0.3) is 0 Å². The van der Waals surface area contributed by atoms with E-state index in [4.69, 9.17) is 42.3 Å². The van der Waals surface area contributed by atoms with Gasteiger partial charge in [-0.25, -0.2) is 0 Å². The van der Waals surface area contributed by atoms with Crippen molar-refractivity contribution < 1.29 is 42.3 Å². The Morgan fingerprint density at radius 3 is 0.948 bits per heavy atom. The van der Waals surface area contributed by atoms with Gasteiger partial charge in [-0.05, 0) is 268 Å². The van der Waals surface area contributed by atoms with Crippen molar-refractivity contribution in [2.24, 2.45) is 0 Å². The zero-order valence-electron chi connectivity index (χ0n) is 80.8. The lowest BCUT2D eigenvalue weighted by atomic mass is 9.67. The molecule has 0 unspecified atom stereocenters. The van der Waals surface area contributed by atoms with E-state index in [0.717, 1.165) is 75.3 Å². The first-order valence-corrected chi connectivity index (χ1v) is 55.6. The number of nitrogens with zero attached hydrogens (tertiary/aromatic N) is 1. The van der Waals surface area contributed by atoms with Crippen LogP contribution < -0.4 is 30.0 Å². The van der Waals surface area contributed by atoms with Crippen LogP contribution in [0.2, 0.25) is 0 Å². The van der Waals surface area contributed by atoms with Crippen LogP contribution >= 0.6 is 95.6 Å². The minimum atomic E-state index is -0.522. The van der Waals surface area contributed by atoms with Crippen molar-refractivity contribution in [1.29, 1.82) is 0 Å². The number of halogens is 6. The molecule has 0 bridgehead atoms. The second-order valence-electron chi connectivity index (χ2n) is 37.1. The Labute approximate surface area is 858 Å². The van der Waals surface area contributed by atoms with Gasteiger partial charge in [-0.3, -0.25) is 0 Å². The first-order chi connectivity index (χ1) is 66.1. The summed E-state index contributed by atoms with van der Waals surface area (Å²) >= 11 is 22.2. The highest BCUT2D eigenvalue weighted by Gasteiger charge is 2.49. The average Bonchev–Trinajstić information content (AvgIpc) is 1.50. The van der Waals surface area contributed by atoms with Crippen molar-refractivity contribution in [3.8, 4) is 56.4 Å². The number of benzene rings is 11. The van der Waals surface area contributed by atoms with Crippen molar-refractivity contribution in [3.05, 3.63) is 295 Å². The molecule has 714 valence electrons. The second kappa shape index (κ2) is 52.8. The van der Waals surface area contributed by atoms with Gasteiger partial charge in [-0.15, -0.1) is 0 Å². The molecule has 0 saturated carbocycles. The Bertz CT molecular complexity index is 5250. The molecular formula is C117H139B2Br6NO9. The standard InChI is InChI=1S/C33H48B2O4.C33H32Br2O4.C29H40Br2.C22H19Br2NO/c1-3-5-7-9-11-13-19-33(20-14-12-10-8-6-4-2)31-25-27(34-36-21-22-37-34)15-17-29(31)30-18-16-28(26-32(30)33)35-38-23-24-39-35;1-3-36-17-19-38-27-11-5-23(6-12-27)33(24-7-13-28(14-8-24)39-20-18-37-4-2)31-21-25(34)9-15-29(31)30-16-10-26(35)22-32(30)33;1-3-5-7-9-11-13-19-29(20-14-12-10-8-6-4-2)27-21-23(30)15-17-25(27)26-18-16-24(31)22-28(26)29;1-2-3-4-15-5-9-18(10-6-15)25-19-11-7-16(23)13-21(19)26-22-14-17(24)8-12-20(22)25/h15-18,25-26H,3-14,19-24H2,1-2H3;5-16,21-22H,3-4,17-20H2,1-2H3;15-18,21-22H,3-14,19-20H2,1-2H3;5-14H,2-4H2,1H3. The molecule has 3 heterocycles. The fourth-order valence-corrected chi connectivity index (χ4v) is 23.3. The van der Waals surface area contributed by atoms with Gasteiger partial charge in [-0.1, -0.05) is 388 Å². The lowest BCUT2D eigenvalue weighted by molar-refractivity contribution is 0.110. The van der Waals surface area contributed by atoms with Gasteiger partial charge >= 0.3 is 14.2 Å². The number of fused-ring (bicyclic) bond motifs is 11. The summed E-state index contributed by atoms with van der Waals surface area (Å²) in [6.45, 7) is 21.7. The van der Waals surface area contributed by atoms with Crippen molar-refractivity contribution in [2.45, 2.75) is 264 Å². The number of ether oxygens (including phenoxy) is 5. The molecule has 135 heavy (non-hydrogen) atoms. The minimum absolute atomic E-state index is 0.0173. The highest BCUT2D eigenvalue weighted by molar-refractivity contribution is 9.11. The number of aryl methyl sites for hydroxylation is 1. The summed E-state index contributed by atoms with van der Waals surface area (Å²) in [5.41, 5.74) is 25.7. The molecule has 3 aliphatic carbocycles. The van der Waals surface area contributed by atoms with Crippen LogP contribution in [0.1, 0.15) is 291 Å². The molecular weight excluding hydrogens is 2060 g/mol. The number of hydrogen-bond donors (Lipinski definition) is 0. The van der Waals surface area contributed by atoms with E-state index in [1.54, 1.807) is 11.1 Å². The van der Waals surface area contributed by atoms with Gasteiger partial charge < -0.3 is 47.2 Å². The monoisotopic (exact) mass is 2200 g/mol. The van der Waals surface area contributed by atoms with E-state index in [1.807, 2.05) is 26.0 Å². The molecule has 17 rings (SSSR count). The molecule has 18 heteroatoms. The lowest BCUT2D eigenvalue weighted by Crippen LogP contribution is -2.35. The maximum absolute atomic E-state index is 6.17. The van der Waals surface area contributed by atoms with Crippen LogP contribution in [0.5, 0.6) is 23.0 Å². The third-order valence-electron chi connectivity index (χ3n) is 27.9. The first kappa shape index (κ1) is 104. The van der Waals surface area contributed by atoms with Crippen LogP contribution in [0.25, 0.3) is 33.4 Å². The van der Waals surface area contributed by atoms with E-state index >= 15 is 0 Å². The third-order valence-corrected chi connectivity index (χ3v) is 30.9. The van der Waals surface area contributed by atoms with Gasteiger partial charge in [0, 0.05) is 56.6 Å². The molecule has 2 fully saturated rings. The van der Waals surface area contributed by atoms with Crippen LogP contribution in [0.15, 0.2) is 245 Å². The summed E-state index contributed by atoms with van der Waals surface area (Å²) in [5, 5.41) is 0. The minimum Gasteiger partial charge on any atom is -0.491 e. The smallest absolute Gasteiger partial charge is 0.491 e. The lowest BCUT2D eigenvalue weighted by Gasteiger charge is -2.34. The predicted molar refractivity (Wildman–Crippen MR) is 586 cm³/mol. The Balaban J connectivity index is 0.000000146. The molecule has 3 aliphatic heterocycles. The van der Waals surface area contributed by atoms with Crippen molar-refractivity contribution in [1.82, 2.24) is 0 Å². The summed E-state index contributed by atoms with van der Waals surface area (Å²) in [6, 6.07) is 79.3. The Morgan fingerprint density at radius 2 is 0.600 bits per heavy atom. The van der Waals surface area contributed by atoms with Crippen LogP contribution in [-0.2, 0) is 50.8 Å². The predicted octanol–water partition coefficient (Wildman–Crippen LogP) is 34.5. The molecule has 11 aromatic carbocycles. The summed E-state index contributed by atoms with van der Waals surface area (Å²) in [5.74, 6) is 3.35. The maximum Gasteiger partial charge on any atom is 0.494 e. The van der Waals surface area contributed by atoms with Crippen molar-refractivity contribution in [3.63, 3.8) is 0 Å². The van der Waals surface area contributed by atoms with Crippen molar-refractivity contribution in [2.75, 3.05) is 71.0 Å². The molecule has 0 radical (unpaired) electrons. The number of rotatable bonds is 46. The molecule has 6 aliphatic rings. The Hall–Kier alpha value is -6.61. The van der Waals surface area contributed by atoms with Crippen LogP contribution in [0.4, 0.5) is 17.1 Å². The summed E-state index contributed by atoms with van der Waals surface area (Å²) in [7, 11) is -0.480. The van der Waals surface area contributed by atoms with Crippen LogP contribution in [0.3, 0.4) is 0 Å². The number of unbranched alkanes of at least 4 members (excludes halogenated alkanes) is 21. The number of anilines is 3. The number of hydrogen-bond acceptors (Lipinski definition) is 10. The van der Waals surface area contributed by atoms with E-state index < -0.39 is 5.41 Å². The summed E-state index contributed by atoms with van der Waals surface area (Å²) < 4.78 is 59.2. The zero-order valence-corrected chi connectivity index (χ0v) is 90.3. The third kappa shape index (κ3) is 26.0. The van der Waals surface area contributed by atoms with Gasteiger partial charge in [0.2, 0.25) is 0 Å². The van der Waals surface area contributed by atoms with E-state index in [0.29, 0.717) is 66.1 Å². The van der Waals surface area contributed by atoms with E-state index in [2.05, 4.69) is 341 Å². The largest absolute Gasteiger partial charge is 0.494 e. The van der Waals surface area contributed by atoms with Crippen LogP contribution in [-0.4, -0.2) is 80.3 Å². The van der Waals surface area contributed by atoms with Gasteiger partial charge in [0.05, 0.1) is 56.4 Å². The molecule has 11 aromatic rings.